The first-order chi connectivity index (χ1) is 8.28. The van der Waals surface area contributed by atoms with Crippen LogP contribution in [0, 0.1) is 11.3 Å². The lowest BCUT2D eigenvalue weighted by Gasteiger charge is -2.25. The lowest BCUT2D eigenvalue weighted by molar-refractivity contribution is 0.591. The molecule has 0 spiro atoms. The van der Waals surface area contributed by atoms with Gasteiger partial charge in [0.25, 0.3) is 0 Å². The molecule has 0 heterocycles. The molecule has 0 amide bonds. The minimum Gasteiger partial charge on any atom is -0.0751 e. The summed E-state index contributed by atoms with van der Waals surface area (Å²) in [7, 11) is -0.945. The Kier molecular flexibility index (Phi) is 3.73. The summed E-state index contributed by atoms with van der Waals surface area (Å²) in [4.78, 5) is 0. The normalized spacial score (nSPS) is 31.3. The van der Waals surface area contributed by atoms with Gasteiger partial charge in [-0.25, -0.2) is 0 Å². The summed E-state index contributed by atoms with van der Waals surface area (Å²) in [5, 5.41) is 0. The predicted octanol–water partition coefficient (Wildman–Crippen LogP) is 5.57. The van der Waals surface area contributed by atoms with Crippen molar-refractivity contribution in [1.29, 1.82) is 0 Å². The van der Waals surface area contributed by atoms with E-state index < -0.39 is 8.07 Å². The van der Waals surface area contributed by atoms with Gasteiger partial charge < -0.3 is 0 Å². The number of rotatable bonds is 2. The van der Waals surface area contributed by atoms with Gasteiger partial charge in [-0.1, -0.05) is 70.3 Å². The van der Waals surface area contributed by atoms with E-state index in [9.17, 15) is 0 Å². The lowest BCUT2D eigenvalue weighted by atomic mass is 9.87. The van der Waals surface area contributed by atoms with Crippen LogP contribution in [0.4, 0.5) is 0 Å². The van der Waals surface area contributed by atoms with Crippen LogP contribution in [-0.4, -0.2) is 8.07 Å². The molecule has 2 aliphatic rings. The summed E-state index contributed by atoms with van der Waals surface area (Å²) in [5.41, 5.74) is 2.83. The van der Waals surface area contributed by atoms with Gasteiger partial charge in [-0.15, -0.1) is 0 Å². The lowest BCUT2D eigenvalue weighted by Crippen LogP contribution is -2.26. The Hall–Kier alpha value is -0.563. The average molecular weight is 260 g/mol. The van der Waals surface area contributed by atoms with E-state index in [4.69, 9.17) is 0 Å². The fraction of sp³-hybridized carbons (Fsp3) is 0.647. The fourth-order valence-corrected chi connectivity index (χ4v) is 5.35. The Morgan fingerprint density at radius 1 is 1.11 bits per heavy atom. The van der Waals surface area contributed by atoms with Gasteiger partial charge in [0.05, 0.1) is 0 Å². The van der Waals surface area contributed by atoms with Crippen LogP contribution in [0.2, 0.25) is 25.2 Å². The Morgan fingerprint density at radius 3 is 2.44 bits per heavy atom. The number of hydrogen-bond donors (Lipinski definition) is 0. The summed E-state index contributed by atoms with van der Waals surface area (Å²) in [6, 6.07) is 0. The predicted molar refractivity (Wildman–Crippen MR) is 84.6 cm³/mol. The summed E-state index contributed by atoms with van der Waals surface area (Å²) >= 11 is 0. The molecule has 0 saturated heterocycles. The molecule has 1 fully saturated rings. The molecule has 18 heavy (non-hydrogen) atoms. The third-order valence-electron chi connectivity index (χ3n) is 4.59. The van der Waals surface area contributed by atoms with E-state index in [1.807, 2.05) is 0 Å². The van der Waals surface area contributed by atoms with Crippen LogP contribution >= 0.6 is 0 Å². The molecule has 0 aromatic heterocycles. The maximum Gasteiger partial charge on any atom is 0.0474 e. The molecular formula is C17H28Si. The average Bonchev–Trinajstić information content (AvgIpc) is 2.64. The first-order valence-electron chi connectivity index (χ1n) is 7.37. The second-order valence-electron chi connectivity index (χ2n) is 7.76. The van der Waals surface area contributed by atoms with Crippen molar-refractivity contribution in [3.63, 3.8) is 0 Å². The zero-order valence-electron chi connectivity index (χ0n) is 12.7. The van der Waals surface area contributed by atoms with Gasteiger partial charge in [0.15, 0.2) is 0 Å². The monoisotopic (exact) mass is 260 g/mol. The van der Waals surface area contributed by atoms with E-state index in [0.717, 1.165) is 11.5 Å². The SMILES string of the molecule is CC1(C)C=CC=CC([C@H]2CCC([Si](C)(C)C)C2)=C1. The zero-order valence-corrected chi connectivity index (χ0v) is 13.7. The van der Waals surface area contributed by atoms with Crippen LogP contribution in [0.1, 0.15) is 33.1 Å². The minimum absolute atomic E-state index is 0.218. The van der Waals surface area contributed by atoms with Crippen molar-refractivity contribution in [1.82, 2.24) is 0 Å². The molecule has 2 atom stereocenters. The van der Waals surface area contributed by atoms with E-state index >= 15 is 0 Å². The topological polar surface area (TPSA) is 0 Å². The molecule has 0 N–H and O–H groups in total. The number of allylic oxidation sites excluding steroid dienone is 6. The Bertz CT molecular complexity index is 390. The molecule has 0 aromatic rings. The fourth-order valence-electron chi connectivity index (χ4n) is 3.32. The third kappa shape index (κ3) is 3.26. The van der Waals surface area contributed by atoms with E-state index in [0.29, 0.717) is 0 Å². The molecule has 1 unspecified atom stereocenters. The maximum absolute atomic E-state index is 2.53. The molecule has 1 heteroatoms. The molecule has 2 rings (SSSR count). The van der Waals surface area contributed by atoms with Gasteiger partial charge >= 0.3 is 0 Å². The van der Waals surface area contributed by atoms with Crippen LogP contribution < -0.4 is 0 Å². The molecule has 0 aromatic carbocycles. The standard InChI is InChI=1S/C17H28Si/c1-17(2)11-7-6-8-15(13-17)14-9-10-16(12-14)18(3,4)5/h6-8,11,13-14,16H,9-10,12H2,1-5H3/t14-,16?/m0/s1. The van der Waals surface area contributed by atoms with E-state index in [2.05, 4.69) is 63.9 Å². The molecule has 2 aliphatic carbocycles. The Balaban J connectivity index is 2.12. The summed E-state index contributed by atoms with van der Waals surface area (Å²) in [6.07, 6.45) is 15.9. The van der Waals surface area contributed by atoms with Crippen molar-refractivity contribution >= 4 is 8.07 Å². The third-order valence-corrected chi connectivity index (χ3v) is 7.57. The largest absolute Gasteiger partial charge is 0.0751 e. The van der Waals surface area contributed by atoms with Crippen LogP contribution in [0.15, 0.2) is 36.0 Å². The van der Waals surface area contributed by atoms with Gasteiger partial charge in [-0.05, 0) is 29.9 Å². The molecule has 0 aliphatic heterocycles. The van der Waals surface area contributed by atoms with Crippen LogP contribution in [0.5, 0.6) is 0 Å². The summed E-state index contributed by atoms with van der Waals surface area (Å²) in [6.45, 7) is 12.2. The highest BCUT2D eigenvalue weighted by Gasteiger charge is 2.35. The molecule has 0 bridgehead atoms. The minimum atomic E-state index is -0.945. The van der Waals surface area contributed by atoms with Crippen molar-refractivity contribution in [2.45, 2.75) is 58.3 Å². The second-order valence-corrected chi connectivity index (χ2v) is 13.3. The quantitative estimate of drug-likeness (QED) is 0.569. The van der Waals surface area contributed by atoms with E-state index in [-0.39, 0.29) is 5.41 Å². The first kappa shape index (κ1) is 13.9. The molecule has 100 valence electrons. The van der Waals surface area contributed by atoms with E-state index in [1.165, 1.54) is 19.3 Å². The van der Waals surface area contributed by atoms with Gasteiger partial charge in [-0.2, -0.15) is 0 Å². The van der Waals surface area contributed by atoms with Crippen LogP contribution in [0.25, 0.3) is 0 Å². The highest BCUT2D eigenvalue weighted by Crippen LogP contribution is 2.46. The molecule has 1 saturated carbocycles. The van der Waals surface area contributed by atoms with Crippen LogP contribution in [-0.2, 0) is 0 Å². The molecule has 0 radical (unpaired) electrons. The summed E-state index contributed by atoms with van der Waals surface area (Å²) < 4.78 is 0. The maximum atomic E-state index is 2.53. The van der Waals surface area contributed by atoms with Crippen molar-refractivity contribution in [2.24, 2.45) is 11.3 Å². The van der Waals surface area contributed by atoms with Gasteiger partial charge in [0, 0.05) is 13.5 Å². The zero-order chi connectivity index (χ0) is 13.4. The molecule has 0 nitrogen and oxygen atoms in total. The van der Waals surface area contributed by atoms with Gasteiger partial charge in [0.1, 0.15) is 0 Å². The van der Waals surface area contributed by atoms with Crippen molar-refractivity contribution < 1.29 is 0 Å². The van der Waals surface area contributed by atoms with E-state index in [1.54, 1.807) is 5.57 Å². The number of hydrogen-bond acceptors (Lipinski definition) is 0. The van der Waals surface area contributed by atoms with Crippen molar-refractivity contribution in [2.75, 3.05) is 0 Å². The smallest absolute Gasteiger partial charge is 0.0474 e. The van der Waals surface area contributed by atoms with Gasteiger partial charge in [-0.3, -0.25) is 0 Å². The highest BCUT2D eigenvalue weighted by molar-refractivity contribution is 6.77. The van der Waals surface area contributed by atoms with Crippen molar-refractivity contribution in [3.05, 3.63) is 36.0 Å². The Labute approximate surface area is 114 Å². The first-order valence-corrected chi connectivity index (χ1v) is 10.9. The van der Waals surface area contributed by atoms with Crippen molar-refractivity contribution in [3.8, 4) is 0 Å². The van der Waals surface area contributed by atoms with Gasteiger partial charge in [0.2, 0.25) is 0 Å². The second kappa shape index (κ2) is 4.84. The molecular weight excluding hydrogens is 232 g/mol. The summed E-state index contributed by atoms with van der Waals surface area (Å²) in [5.74, 6) is 0.817. The van der Waals surface area contributed by atoms with Crippen LogP contribution in [0.3, 0.4) is 0 Å². The Morgan fingerprint density at radius 2 is 1.83 bits per heavy atom. The highest BCUT2D eigenvalue weighted by atomic mass is 28.3.